The Labute approximate surface area is 109 Å². The highest BCUT2D eigenvalue weighted by atomic mass is 32.1. The Balaban J connectivity index is 1.80. The predicted molar refractivity (Wildman–Crippen MR) is 74.3 cm³/mol. The summed E-state index contributed by atoms with van der Waals surface area (Å²) < 4.78 is 0. The second kappa shape index (κ2) is 6.50. The van der Waals surface area contributed by atoms with Crippen molar-refractivity contribution in [2.24, 2.45) is 5.92 Å². The molecule has 1 aromatic heterocycles. The van der Waals surface area contributed by atoms with Crippen molar-refractivity contribution >= 4 is 11.3 Å². The fraction of sp³-hybridized carbons (Fsp3) is 0.786. The van der Waals surface area contributed by atoms with Gasteiger partial charge in [-0.3, -0.25) is 0 Å². The first-order valence-corrected chi connectivity index (χ1v) is 7.77. The van der Waals surface area contributed by atoms with Gasteiger partial charge in [0, 0.05) is 17.5 Å². The summed E-state index contributed by atoms with van der Waals surface area (Å²) in [6.07, 6.45) is 8.56. The summed E-state index contributed by atoms with van der Waals surface area (Å²) in [6, 6.07) is 0.648. The van der Waals surface area contributed by atoms with E-state index in [9.17, 15) is 0 Å². The minimum absolute atomic E-state index is 0.648. The number of thiazole rings is 1. The molecule has 2 rings (SSSR count). The average Bonchev–Trinajstić information content (AvgIpc) is 2.58. The van der Waals surface area contributed by atoms with Gasteiger partial charge in [0.1, 0.15) is 0 Å². The lowest BCUT2D eigenvalue weighted by atomic mass is 9.93. The van der Waals surface area contributed by atoms with E-state index in [1.54, 1.807) is 11.3 Å². The molecule has 0 radical (unpaired) electrons. The van der Waals surface area contributed by atoms with Crippen LogP contribution in [0.3, 0.4) is 0 Å². The van der Waals surface area contributed by atoms with Crippen molar-refractivity contribution in [3.05, 3.63) is 16.1 Å². The van der Waals surface area contributed by atoms with Crippen LogP contribution >= 0.6 is 11.3 Å². The molecule has 0 spiro atoms. The zero-order chi connectivity index (χ0) is 12.1. The lowest BCUT2D eigenvalue weighted by molar-refractivity contribution is 0.337. The SMILES string of the molecule is Cc1ncsc1CN[C@@H](C)C1CCCCCC1. The summed E-state index contributed by atoms with van der Waals surface area (Å²) in [5.41, 5.74) is 3.14. The second-order valence-corrected chi connectivity index (χ2v) is 6.22. The van der Waals surface area contributed by atoms with Crippen LogP contribution in [0.5, 0.6) is 0 Å². The zero-order valence-corrected chi connectivity index (χ0v) is 11.9. The molecule has 0 amide bonds. The third-order valence-electron chi connectivity index (χ3n) is 4.04. The van der Waals surface area contributed by atoms with Gasteiger partial charge in [0.15, 0.2) is 0 Å². The summed E-state index contributed by atoms with van der Waals surface area (Å²) in [5, 5.41) is 3.69. The van der Waals surface area contributed by atoms with Gasteiger partial charge in [0.2, 0.25) is 0 Å². The molecule has 1 aliphatic rings. The first kappa shape index (κ1) is 13.0. The number of rotatable bonds is 4. The van der Waals surface area contributed by atoms with Gasteiger partial charge in [-0.25, -0.2) is 4.98 Å². The van der Waals surface area contributed by atoms with Gasteiger partial charge in [-0.05, 0) is 32.6 Å². The van der Waals surface area contributed by atoms with E-state index < -0.39 is 0 Å². The van der Waals surface area contributed by atoms with Gasteiger partial charge < -0.3 is 5.32 Å². The first-order chi connectivity index (χ1) is 8.27. The molecule has 1 saturated carbocycles. The Morgan fingerprint density at radius 3 is 2.65 bits per heavy atom. The lowest BCUT2D eigenvalue weighted by Crippen LogP contribution is -2.32. The van der Waals surface area contributed by atoms with Crippen LogP contribution in [0.4, 0.5) is 0 Å². The van der Waals surface area contributed by atoms with Crippen molar-refractivity contribution in [1.82, 2.24) is 10.3 Å². The van der Waals surface area contributed by atoms with Crippen LogP contribution in [0.1, 0.15) is 56.0 Å². The summed E-state index contributed by atoms with van der Waals surface area (Å²) in [6.45, 7) is 5.45. The van der Waals surface area contributed by atoms with Gasteiger partial charge in [-0.15, -0.1) is 11.3 Å². The number of hydrogen-bond donors (Lipinski definition) is 1. The molecular formula is C14H24N2S. The van der Waals surface area contributed by atoms with Crippen molar-refractivity contribution in [3.63, 3.8) is 0 Å². The van der Waals surface area contributed by atoms with Gasteiger partial charge in [0.05, 0.1) is 11.2 Å². The number of aryl methyl sites for hydroxylation is 1. The monoisotopic (exact) mass is 252 g/mol. The molecule has 1 aliphatic carbocycles. The Kier molecular flexibility index (Phi) is 4.99. The largest absolute Gasteiger partial charge is 0.309 e. The summed E-state index contributed by atoms with van der Waals surface area (Å²) in [7, 11) is 0. The average molecular weight is 252 g/mol. The van der Waals surface area contributed by atoms with Gasteiger partial charge in [0.25, 0.3) is 0 Å². The molecule has 0 saturated heterocycles. The molecule has 1 heterocycles. The Morgan fingerprint density at radius 2 is 2.06 bits per heavy atom. The van der Waals surface area contributed by atoms with E-state index in [0.29, 0.717) is 6.04 Å². The van der Waals surface area contributed by atoms with E-state index in [1.807, 2.05) is 5.51 Å². The van der Waals surface area contributed by atoms with Crippen molar-refractivity contribution in [2.75, 3.05) is 0 Å². The number of hydrogen-bond acceptors (Lipinski definition) is 3. The maximum Gasteiger partial charge on any atom is 0.0798 e. The van der Waals surface area contributed by atoms with Crippen molar-refractivity contribution in [2.45, 2.75) is 65.0 Å². The van der Waals surface area contributed by atoms with Crippen LogP contribution in [0, 0.1) is 12.8 Å². The molecule has 3 heteroatoms. The lowest BCUT2D eigenvalue weighted by Gasteiger charge is -2.23. The van der Waals surface area contributed by atoms with Crippen LogP contribution in [0.2, 0.25) is 0 Å². The quantitative estimate of drug-likeness (QED) is 0.822. The molecule has 0 aromatic carbocycles. The van der Waals surface area contributed by atoms with Crippen molar-refractivity contribution in [1.29, 1.82) is 0 Å². The highest BCUT2D eigenvalue weighted by Crippen LogP contribution is 2.25. The van der Waals surface area contributed by atoms with E-state index in [1.165, 1.54) is 49.1 Å². The molecule has 0 bridgehead atoms. The van der Waals surface area contributed by atoms with Crippen LogP contribution in [0.15, 0.2) is 5.51 Å². The van der Waals surface area contributed by atoms with E-state index in [2.05, 4.69) is 24.1 Å². The third-order valence-corrected chi connectivity index (χ3v) is 4.97. The molecule has 0 unspecified atom stereocenters. The van der Waals surface area contributed by atoms with Crippen LogP contribution < -0.4 is 5.32 Å². The van der Waals surface area contributed by atoms with Crippen LogP contribution in [-0.4, -0.2) is 11.0 Å². The molecule has 17 heavy (non-hydrogen) atoms. The van der Waals surface area contributed by atoms with Gasteiger partial charge >= 0.3 is 0 Å². The maximum absolute atomic E-state index is 4.30. The molecule has 1 aromatic rings. The molecule has 2 nitrogen and oxygen atoms in total. The second-order valence-electron chi connectivity index (χ2n) is 5.28. The number of aromatic nitrogens is 1. The molecule has 1 atom stereocenters. The zero-order valence-electron chi connectivity index (χ0n) is 11.0. The summed E-state index contributed by atoms with van der Waals surface area (Å²) in [5.74, 6) is 0.880. The fourth-order valence-corrected chi connectivity index (χ4v) is 3.46. The Hall–Kier alpha value is -0.410. The van der Waals surface area contributed by atoms with Crippen LogP contribution in [0.25, 0.3) is 0 Å². The summed E-state index contributed by atoms with van der Waals surface area (Å²) in [4.78, 5) is 5.69. The number of nitrogens with one attached hydrogen (secondary N) is 1. The molecule has 1 fully saturated rings. The van der Waals surface area contributed by atoms with E-state index in [4.69, 9.17) is 0 Å². The minimum atomic E-state index is 0.648. The van der Waals surface area contributed by atoms with E-state index in [-0.39, 0.29) is 0 Å². The third kappa shape index (κ3) is 3.78. The normalized spacial score (nSPS) is 20.1. The standard InChI is InChI=1S/C14H24N2S/c1-11(13-7-5-3-4-6-8-13)15-9-14-12(2)16-10-17-14/h10-11,13,15H,3-9H2,1-2H3/t11-/m0/s1. The first-order valence-electron chi connectivity index (χ1n) is 6.89. The smallest absolute Gasteiger partial charge is 0.0798 e. The molecule has 1 N–H and O–H groups in total. The molecule has 0 aliphatic heterocycles. The number of nitrogens with zero attached hydrogens (tertiary/aromatic N) is 1. The van der Waals surface area contributed by atoms with E-state index >= 15 is 0 Å². The fourth-order valence-electron chi connectivity index (χ4n) is 2.73. The highest BCUT2D eigenvalue weighted by molar-refractivity contribution is 7.09. The Morgan fingerprint density at radius 1 is 1.35 bits per heavy atom. The van der Waals surface area contributed by atoms with Crippen molar-refractivity contribution < 1.29 is 0 Å². The van der Waals surface area contributed by atoms with E-state index in [0.717, 1.165) is 12.5 Å². The molecular weight excluding hydrogens is 228 g/mol. The molecule has 96 valence electrons. The topological polar surface area (TPSA) is 24.9 Å². The van der Waals surface area contributed by atoms with Crippen molar-refractivity contribution in [3.8, 4) is 0 Å². The van der Waals surface area contributed by atoms with Crippen LogP contribution in [-0.2, 0) is 6.54 Å². The Bertz CT molecular complexity index is 327. The van der Waals surface area contributed by atoms with Gasteiger partial charge in [-0.1, -0.05) is 25.7 Å². The van der Waals surface area contributed by atoms with Gasteiger partial charge in [-0.2, -0.15) is 0 Å². The minimum Gasteiger partial charge on any atom is -0.309 e. The highest BCUT2D eigenvalue weighted by Gasteiger charge is 2.18. The summed E-state index contributed by atoms with van der Waals surface area (Å²) >= 11 is 1.77. The predicted octanol–water partition coefficient (Wildman–Crippen LogP) is 3.90. The maximum atomic E-state index is 4.30.